The van der Waals surface area contributed by atoms with Crippen molar-refractivity contribution in [3.63, 3.8) is 0 Å². The van der Waals surface area contributed by atoms with Gasteiger partial charge in [0, 0.05) is 29.6 Å². The smallest absolute Gasteiger partial charge is 0.229 e. The zero-order chi connectivity index (χ0) is 27.1. The summed E-state index contributed by atoms with van der Waals surface area (Å²) >= 11 is 0. The van der Waals surface area contributed by atoms with E-state index in [4.69, 9.17) is 5.10 Å². The summed E-state index contributed by atoms with van der Waals surface area (Å²) in [5, 5.41) is 11.1. The van der Waals surface area contributed by atoms with E-state index >= 15 is 0 Å². The van der Waals surface area contributed by atoms with Crippen molar-refractivity contribution < 1.29 is 8.78 Å². The van der Waals surface area contributed by atoms with E-state index in [0.717, 1.165) is 43.4 Å². The molecule has 1 aliphatic heterocycles. The first kappa shape index (κ1) is 25.1. The average Bonchev–Trinajstić information content (AvgIpc) is 3.56. The van der Waals surface area contributed by atoms with E-state index in [1.807, 2.05) is 48.3 Å². The number of rotatable bonds is 6. The molecule has 0 radical (unpaired) electrons. The Morgan fingerprint density at radius 2 is 1.79 bits per heavy atom. The Morgan fingerprint density at radius 3 is 2.54 bits per heavy atom. The highest BCUT2D eigenvalue weighted by molar-refractivity contribution is 5.83. The number of halogens is 2. The molecule has 0 bridgehead atoms. The number of aromatic nitrogens is 7. The van der Waals surface area contributed by atoms with E-state index in [2.05, 4.69) is 30.6 Å². The number of nitrogens with one attached hydrogen (secondary N) is 2. The molecule has 1 fully saturated rings. The molecule has 0 spiro atoms. The molecule has 1 aliphatic rings. The monoisotopic (exact) mass is 529 g/mol. The van der Waals surface area contributed by atoms with Gasteiger partial charge < -0.3 is 15.2 Å². The van der Waals surface area contributed by atoms with Gasteiger partial charge in [0.2, 0.25) is 5.95 Å². The topological polar surface area (TPSA) is 98.4 Å². The normalized spacial score (nSPS) is 14.4. The fraction of sp³-hybridized carbons (Fsp3) is 0.321. The summed E-state index contributed by atoms with van der Waals surface area (Å²) in [7, 11) is 0. The van der Waals surface area contributed by atoms with Crippen LogP contribution in [0.5, 0.6) is 0 Å². The number of pyridine rings is 1. The van der Waals surface area contributed by atoms with Crippen LogP contribution in [0.25, 0.3) is 33.5 Å². The van der Waals surface area contributed by atoms with Gasteiger partial charge in [-0.25, -0.2) is 28.7 Å². The van der Waals surface area contributed by atoms with E-state index in [9.17, 15) is 8.78 Å². The summed E-state index contributed by atoms with van der Waals surface area (Å²) in [5.41, 5.74) is 2.86. The summed E-state index contributed by atoms with van der Waals surface area (Å²) in [5.74, 6) is 0.144. The van der Waals surface area contributed by atoms with E-state index < -0.39 is 11.6 Å². The highest BCUT2D eigenvalue weighted by Crippen LogP contribution is 2.30. The van der Waals surface area contributed by atoms with E-state index in [1.54, 1.807) is 18.3 Å². The number of piperidine rings is 1. The molecule has 1 saturated heterocycles. The van der Waals surface area contributed by atoms with E-state index in [-0.39, 0.29) is 23.2 Å². The van der Waals surface area contributed by atoms with Gasteiger partial charge in [0.25, 0.3) is 0 Å². The van der Waals surface area contributed by atoms with Crippen LogP contribution in [0.15, 0.2) is 48.9 Å². The van der Waals surface area contributed by atoms with Gasteiger partial charge in [-0.3, -0.25) is 4.68 Å². The maximum absolute atomic E-state index is 15.0. The van der Waals surface area contributed by atoms with Crippen molar-refractivity contribution in [2.45, 2.75) is 45.7 Å². The van der Waals surface area contributed by atoms with Crippen LogP contribution < -0.4 is 10.6 Å². The molecule has 0 saturated carbocycles. The van der Waals surface area contributed by atoms with Crippen LogP contribution in [-0.4, -0.2) is 47.4 Å². The van der Waals surface area contributed by atoms with E-state index in [1.165, 1.54) is 6.07 Å². The molecule has 2 N–H and O–H groups in total. The first-order valence-electron chi connectivity index (χ1n) is 13.1. The second kappa shape index (κ2) is 10.1. The third-order valence-electron chi connectivity index (χ3n) is 7.05. The lowest BCUT2D eigenvalue weighted by Crippen LogP contribution is -2.29. The van der Waals surface area contributed by atoms with Crippen molar-refractivity contribution in [2.24, 2.45) is 0 Å². The summed E-state index contributed by atoms with van der Waals surface area (Å²) in [4.78, 5) is 17.2. The molecule has 0 aliphatic carbocycles. The van der Waals surface area contributed by atoms with Crippen molar-refractivity contribution in [3.8, 4) is 22.5 Å². The number of nitrogens with zero attached hydrogens (tertiary/aromatic N) is 7. The average molecular weight is 530 g/mol. The van der Waals surface area contributed by atoms with Gasteiger partial charge in [-0.15, -0.1) is 0 Å². The molecule has 0 unspecified atom stereocenters. The minimum atomic E-state index is -0.653. The zero-order valence-corrected chi connectivity index (χ0v) is 22.0. The van der Waals surface area contributed by atoms with Gasteiger partial charge in [0.1, 0.15) is 22.9 Å². The van der Waals surface area contributed by atoms with Crippen molar-refractivity contribution in [1.82, 2.24) is 39.6 Å². The molecule has 5 aromatic rings. The highest BCUT2D eigenvalue weighted by Gasteiger charge is 2.19. The molecule has 6 rings (SSSR count). The van der Waals surface area contributed by atoms with Gasteiger partial charge in [-0.2, -0.15) is 5.10 Å². The maximum atomic E-state index is 15.0. The number of hydrogen-bond acceptors (Lipinski definition) is 7. The first-order chi connectivity index (χ1) is 18.9. The van der Waals surface area contributed by atoms with Gasteiger partial charge in [-0.05, 0) is 77.0 Å². The predicted octanol–water partition coefficient (Wildman–Crippen LogP) is 5.59. The molecule has 9 nitrogen and oxygen atoms in total. The van der Waals surface area contributed by atoms with Gasteiger partial charge in [0.15, 0.2) is 11.6 Å². The fourth-order valence-corrected chi connectivity index (χ4v) is 5.19. The molecule has 0 atom stereocenters. The molecular weight excluding hydrogens is 500 g/mol. The van der Waals surface area contributed by atoms with Crippen molar-refractivity contribution in [3.05, 3.63) is 66.4 Å². The molecule has 0 amide bonds. The van der Waals surface area contributed by atoms with Gasteiger partial charge >= 0.3 is 0 Å². The number of hydrogen-bond donors (Lipinski definition) is 2. The number of imidazole rings is 1. The molecule has 1 aromatic carbocycles. The third-order valence-corrected chi connectivity index (χ3v) is 7.05. The SMILES string of the molecule is Cc1nc2c(F)cc(-c3nc(Nc4ccc(-c5ccn(C6CCNCC6)n5)cn4)ncc3F)cc2n1C(C)C. The number of anilines is 2. The predicted molar refractivity (Wildman–Crippen MR) is 146 cm³/mol. The first-order valence-corrected chi connectivity index (χ1v) is 13.1. The Balaban J connectivity index is 1.25. The van der Waals surface area contributed by atoms with Crippen molar-refractivity contribution >= 4 is 22.8 Å². The minimum absolute atomic E-state index is 0.0115. The Morgan fingerprint density at radius 1 is 0.974 bits per heavy atom. The Kier molecular flexibility index (Phi) is 6.51. The van der Waals surface area contributed by atoms with Crippen LogP contribution in [0.3, 0.4) is 0 Å². The standard InChI is InChI=1S/C28H29F2N9/c1-16(2)39-17(3)34-27-21(29)12-19(13-24(27)39)26-22(30)15-33-28(36-26)35-25-5-4-18(14-32-25)23-8-11-38(37-23)20-6-9-31-10-7-20/h4-5,8,11-16,20,31H,6-7,9-10H2,1-3H3,(H,32,33,35,36). The number of fused-ring (bicyclic) bond motifs is 1. The van der Waals surface area contributed by atoms with Crippen LogP contribution in [0, 0.1) is 18.6 Å². The lowest BCUT2D eigenvalue weighted by atomic mass is 10.1. The third kappa shape index (κ3) is 4.85. The lowest BCUT2D eigenvalue weighted by molar-refractivity contribution is 0.343. The van der Waals surface area contributed by atoms with Crippen LogP contribution in [0.1, 0.15) is 44.6 Å². The second-order valence-corrected chi connectivity index (χ2v) is 10.1. The fourth-order valence-electron chi connectivity index (χ4n) is 5.19. The van der Waals surface area contributed by atoms with Crippen LogP contribution in [0.2, 0.25) is 0 Å². The summed E-state index contributed by atoms with van der Waals surface area (Å²) in [6.07, 6.45) is 6.92. The van der Waals surface area contributed by atoms with Gasteiger partial charge in [0.05, 0.1) is 23.4 Å². The summed E-state index contributed by atoms with van der Waals surface area (Å²) in [6.45, 7) is 7.81. The maximum Gasteiger partial charge on any atom is 0.229 e. The number of benzene rings is 1. The summed E-state index contributed by atoms with van der Waals surface area (Å²) in [6, 6.07) is 9.12. The lowest BCUT2D eigenvalue weighted by Gasteiger charge is -2.22. The second-order valence-electron chi connectivity index (χ2n) is 10.1. The quantitative estimate of drug-likeness (QED) is 0.296. The highest BCUT2D eigenvalue weighted by atomic mass is 19.1. The Bertz CT molecular complexity index is 1630. The summed E-state index contributed by atoms with van der Waals surface area (Å²) < 4.78 is 33.8. The molecule has 4 aromatic heterocycles. The minimum Gasteiger partial charge on any atom is -0.326 e. The number of aryl methyl sites for hydroxylation is 1. The Hall–Kier alpha value is -4.25. The van der Waals surface area contributed by atoms with Crippen molar-refractivity contribution in [1.29, 1.82) is 0 Å². The molecule has 5 heterocycles. The van der Waals surface area contributed by atoms with Gasteiger partial charge in [-0.1, -0.05) is 0 Å². The van der Waals surface area contributed by atoms with Crippen LogP contribution in [-0.2, 0) is 0 Å². The molecule has 200 valence electrons. The van der Waals surface area contributed by atoms with Crippen LogP contribution in [0.4, 0.5) is 20.5 Å². The molecule has 11 heteroatoms. The van der Waals surface area contributed by atoms with Crippen LogP contribution >= 0.6 is 0 Å². The van der Waals surface area contributed by atoms with Crippen molar-refractivity contribution in [2.75, 3.05) is 18.4 Å². The molecular formula is C28H29F2N9. The largest absolute Gasteiger partial charge is 0.326 e. The Labute approximate surface area is 224 Å². The van der Waals surface area contributed by atoms with E-state index in [0.29, 0.717) is 28.8 Å². The zero-order valence-electron chi connectivity index (χ0n) is 22.0. The molecule has 39 heavy (non-hydrogen) atoms.